The SMILES string of the molecule is O=C(N[C@@H]1CS(=O)(=O)C[C@@H]1O)c1cc(-c2ccc(Cl)cc2)nn(-c2cccc(F)c2)c1=O. The van der Waals surface area contributed by atoms with Gasteiger partial charge in [-0.2, -0.15) is 9.78 Å². The highest BCUT2D eigenvalue weighted by Gasteiger charge is 2.37. The third-order valence-electron chi connectivity index (χ3n) is 4.99. The number of carbonyl (C=O) groups excluding carboxylic acids is 1. The fourth-order valence-electron chi connectivity index (χ4n) is 3.41. The Morgan fingerprint density at radius 1 is 1.16 bits per heavy atom. The Labute approximate surface area is 187 Å². The lowest BCUT2D eigenvalue weighted by Crippen LogP contribution is -2.44. The number of benzene rings is 2. The topological polar surface area (TPSA) is 118 Å². The zero-order chi connectivity index (χ0) is 23.0. The molecule has 0 aliphatic carbocycles. The van der Waals surface area contributed by atoms with Gasteiger partial charge in [-0.3, -0.25) is 9.59 Å². The molecule has 11 heteroatoms. The Morgan fingerprint density at radius 2 is 1.88 bits per heavy atom. The maximum absolute atomic E-state index is 13.8. The zero-order valence-electron chi connectivity index (χ0n) is 16.4. The number of amides is 1. The molecule has 1 aromatic heterocycles. The normalized spacial score (nSPS) is 19.6. The minimum atomic E-state index is -3.51. The fraction of sp³-hybridized carbons (Fsp3) is 0.190. The molecule has 1 aliphatic rings. The number of sulfone groups is 1. The highest BCUT2D eigenvalue weighted by Crippen LogP contribution is 2.21. The number of aromatic nitrogens is 2. The van der Waals surface area contributed by atoms with Crippen molar-refractivity contribution in [1.82, 2.24) is 15.1 Å². The Kier molecular flexibility index (Phi) is 5.85. The lowest BCUT2D eigenvalue weighted by atomic mass is 10.1. The van der Waals surface area contributed by atoms with Crippen LogP contribution in [0.5, 0.6) is 0 Å². The van der Waals surface area contributed by atoms with E-state index in [1.54, 1.807) is 24.3 Å². The zero-order valence-corrected chi connectivity index (χ0v) is 18.0. The summed E-state index contributed by atoms with van der Waals surface area (Å²) in [5, 5.41) is 17.1. The number of hydrogen-bond donors (Lipinski definition) is 2. The molecule has 1 saturated heterocycles. The van der Waals surface area contributed by atoms with E-state index in [2.05, 4.69) is 10.4 Å². The quantitative estimate of drug-likeness (QED) is 0.589. The van der Waals surface area contributed by atoms with E-state index in [1.165, 1.54) is 24.3 Å². The van der Waals surface area contributed by atoms with E-state index < -0.39 is 50.8 Å². The van der Waals surface area contributed by atoms with E-state index in [4.69, 9.17) is 11.6 Å². The lowest BCUT2D eigenvalue weighted by Gasteiger charge is -2.16. The Bertz CT molecular complexity index is 1360. The first kappa shape index (κ1) is 22.1. The second kappa shape index (κ2) is 8.45. The van der Waals surface area contributed by atoms with Gasteiger partial charge >= 0.3 is 0 Å². The number of halogens is 2. The highest BCUT2D eigenvalue weighted by atomic mass is 35.5. The van der Waals surface area contributed by atoms with E-state index >= 15 is 0 Å². The lowest BCUT2D eigenvalue weighted by molar-refractivity contribution is 0.0886. The second-order valence-electron chi connectivity index (χ2n) is 7.37. The summed E-state index contributed by atoms with van der Waals surface area (Å²) < 4.78 is 38.1. The summed E-state index contributed by atoms with van der Waals surface area (Å²) in [7, 11) is -3.51. The van der Waals surface area contributed by atoms with Gasteiger partial charge in [0.1, 0.15) is 11.4 Å². The Hall–Kier alpha value is -3.08. The molecule has 166 valence electrons. The smallest absolute Gasteiger partial charge is 0.284 e. The molecule has 0 spiro atoms. The molecule has 3 aromatic rings. The largest absolute Gasteiger partial charge is 0.390 e. The van der Waals surface area contributed by atoms with Crippen molar-refractivity contribution in [1.29, 1.82) is 0 Å². The second-order valence-corrected chi connectivity index (χ2v) is 9.96. The van der Waals surface area contributed by atoms with Crippen LogP contribution in [0.1, 0.15) is 10.4 Å². The van der Waals surface area contributed by atoms with Gasteiger partial charge in [0.15, 0.2) is 9.84 Å². The number of nitrogens with zero attached hydrogens (tertiary/aromatic N) is 2. The average molecular weight is 478 g/mol. The van der Waals surface area contributed by atoms with Crippen LogP contribution in [0.4, 0.5) is 4.39 Å². The predicted molar refractivity (Wildman–Crippen MR) is 116 cm³/mol. The first-order valence-electron chi connectivity index (χ1n) is 9.48. The Balaban J connectivity index is 1.81. The van der Waals surface area contributed by atoms with Gasteiger partial charge in [0.25, 0.3) is 11.5 Å². The van der Waals surface area contributed by atoms with Crippen LogP contribution in [0.3, 0.4) is 0 Å². The third kappa shape index (κ3) is 4.57. The molecule has 1 aliphatic heterocycles. The van der Waals surface area contributed by atoms with Crippen molar-refractivity contribution in [3.63, 3.8) is 0 Å². The van der Waals surface area contributed by atoms with Gasteiger partial charge in [0.2, 0.25) is 0 Å². The molecule has 2 N–H and O–H groups in total. The van der Waals surface area contributed by atoms with Gasteiger partial charge in [-0.05, 0) is 36.4 Å². The van der Waals surface area contributed by atoms with E-state index in [1.807, 2.05) is 0 Å². The van der Waals surface area contributed by atoms with E-state index in [-0.39, 0.29) is 16.9 Å². The summed E-state index contributed by atoms with van der Waals surface area (Å²) in [6.07, 6.45) is -1.29. The number of carbonyl (C=O) groups is 1. The Morgan fingerprint density at radius 3 is 2.50 bits per heavy atom. The van der Waals surface area contributed by atoms with Crippen molar-refractivity contribution in [2.24, 2.45) is 0 Å². The molecule has 0 bridgehead atoms. The summed E-state index contributed by atoms with van der Waals surface area (Å²) in [4.78, 5) is 26.0. The molecule has 0 radical (unpaired) electrons. The molecular weight excluding hydrogens is 461 g/mol. The van der Waals surface area contributed by atoms with Crippen molar-refractivity contribution >= 4 is 27.3 Å². The van der Waals surface area contributed by atoms with Gasteiger partial charge < -0.3 is 10.4 Å². The van der Waals surface area contributed by atoms with Gasteiger partial charge in [-0.1, -0.05) is 29.8 Å². The van der Waals surface area contributed by atoms with Crippen LogP contribution in [0.25, 0.3) is 16.9 Å². The van der Waals surface area contributed by atoms with Gasteiger partial charge in [-0.15, -0.1) is 0 Å². The van der Waals surface area contributed by atoms with Crippen molar-refractivity contribution in [2.45, 2.75) is 12.1 Å². The predicted octanol–water partition coefficient (Wildman–Crippen LogP) is 1.58. The van der Waals surface area contributed by atoms with E-state index in [9.17, 15) is 27.5 Å². The standard InChI is InChI=1S/C21H17ClFN3O5S/c22-13-6-4-12(5-7-13)17-9-16(20(28)24-18-10-32(30,31)11-19(18)27)21(29)26(25-17)15-3-1-2-14(23)8-15/h1-9,18-19,27H,10-11H2,(H,24,28)/t18-,19+/m1/s1. The molecule has 2 atom stereocenters. The first-order valence-corrected chi connectivity index (χ1v) is 11.7. The molecule has 0 saturated carbocycles. The van der Waals surface area contributed by atoms with Crippen LogP contribution in [-0.4, -0.2) is 52.9 Å². The summed E-state index contributed by atoms with van der Waals surface area (Å²) >= 11 is 5.93. The van der Waals surface area contributed by atoms with Crippen molar-refractivity contribution < 1.29 is 22.7 Å². The molecule has 8 nitrogen and oxygen atoms in total. The summed E-state index contributed by atoms with van der Waals surface area (Å²) in [6.45, 7) is 0. The van der Waals surface area contributed by atoms with Crippen LogP contribution in [0.2, 0.25) is 5.02 Å². The van der Waals surface area contributed by atoms with E-state index in [0.29, 0.717) is 10.6 Å². The fourth-order valence-corrected chi connectivity index (χ4v) is 5.28. The van der Waals surface area contributed by atoms with Crippen molar-refractivity contribution in [2.75, 3.05) is 11.5 Å². The summed E-state index contributed by atoms with van der Waals surface area (Å²) in [5.74, 6) is -2.39. The molecule has 1 amide bonds. The van der Waals surface area contributed by atoms with Crippen LogP contribution < -0.4 is 10.9 Å². The molecule has 0 unspecified atom stereocenters. The van der Waals surface area contributed by atoms with E-state index in [0.717, 1.165) is 10.7 Å². The number of aliphatic hydroxyl groups excluding tert-OH is 1. The summed E-state index contributed by atoms with van der Waals surface area (Å²) in [6, 6.07) is 11.8. The van der Waals surface area contributed by atoms with Crippen LogP contribution >= 0.6 is 11.6 Å². The monoisotopic (exact) mass is 477 g/mol. The first-order chi connectivity index (χ1) is 15.1. The number of nitrogens with one attached hydrogen (secondary N) is 1. The van der Waals surface area contributed by atoms with Gasteiger partial charge in [-0.25, -0.2) is 12.8 Å². The molecular formula is C21H17ClFN3O5S. The number of hydrogen-bond acceptors (Lipinski definition) is 6. The molecule has 2 aromatic carbocycles. The maximum atomic E-state index is 13.8. The molecule has 1 fully saturated rings. The molecule has 2 heterocycles. The highest BCUT2D eigenvalue weighted by molar-refractivity contribution is 7.91. The minimum Gasteiger partial charge on any atom is -0.390 e. The molecule has 32 heavy (non-hydrogen) atoms. The van der Waals surface area contributed by atoms with Crippen molar-refractivity contribution in [3.05, 3.63) is 81.4 Å². The average Bonchev–Trinajstić information content (AvgIpc) is 2.99. The minimum absolute atomic E-state index is 0.100. The van der Waals surface area contributed by atoms with Gasteiger partial charge in [0, 0.05) is 10.6 Å². The number of rotatable bonds is 4. The van der Waals surface area contributed by atoms with Crippen molar-refractivity contribution in [3.8, 4) is 16.9 Å². The molecule has 4 rings (SSSR count). The van der Waals surface area contributed by atoms with Gasteiger partial charge in [0.05, 0.1) is 35.0 Å². The third-order valence-corrected chi connectivity index (χ3v) is 6.96. The number of aliphatic hydroxyl groups is 1. The summed E-state index contributed by atoms with van der Waals surface area (Å²) in [5.41, 5.74) is -0.303. The van der Waals surface area contributed by atoms with Crippen LogP contribution in [0.15, 0.2) is 59.4 Å². The maximum Gasteiger partial charge on any atom is 0.284 e. The van der Waals surface area contributed by atoms with Crippen LogP contribution in [0, 0.1) is 5.82 Å². The van der Waals surface area contributed by atoms with Crippen LogP contribution in [-0.2, 0) is 9.84 Å².